The van der Waals surface area contributed by atoms with Gasteiger partial charge in [0.2, 0.25) is 11.8 Å². The molecule has 5 aliphatic rings. The van der Waals surface area contributed by atoms with Crippen molar-refractivity contribution in [2.45, 2.75) is 29.5 Å². The van der Waals surface area contributed by atoms with Crippen molar-refractivity contribution >= 4 is 68.4 Å². The molecule has 2 aliphatic carbocycles. The SMILES string of the molecule is CCOC(=O)c1ccc(N2C(=O)C3C(C2=O)[C@@H]2C[C@H]3C3Sc4[nH]c(=O)sc4[C@H](c4cc(Br)ccc4OCC(=O)N4CCOCC4)C32)cc1. The zero-order valence-corrected chi connectivity index (χ0v) is 29.1. The number of thiazole rings is 1. The highest BCUT2D eigenvalue weighted by molar-refractivity contribution is 9.10. The third-order valence-electron chi connectivity index (χ3n) is 10.4. The molecule has 1 aromatic heterocycles. The summed E-state index contributed by atoms with van der Waals surface area (Å²) >= 11 is 6.42. The Bertz CT molecular complexity index is 1870. The van der Waals surface area contributed by atoms with Gasteiger partial charge in [0, 0.05) is 39.2 Å². The number of carbonyl (C=O) groups excluding carboxylic acids is 4. The van der Waals surface area contributed by atoms with Crippen LogP contribution in [0.1, 0.15) is 40.1 Å². The van der Waals surface area contributed by atoms with Crippen LogP contribution in [0.25, 0.3) is 0 Å². The number of amides is 3. The lowest BCUT2D eigenvalue weighted by atomic mass is 9.68. The molecule has 7 atom stereocenters. The van der Waals surface area contributed by atoms with Crippen LogP contribution < -0.4 is 14.5 Å². The van der Waals surface area contributed by atoms with Gasteiger partial charge < -0.3 is 24.1 Å². The number of morpholine rings is 1. The number of aromatic amines is 1. The van der Waals surface area contributed by atoms with Crippen LogP contribution in [0.3, 0.4) is 0 Å². The fourth-order valence-electron chi connectivity index (χ4n) is 8.52. The molecule has 3 amide bonds. The molecule has 0 radical (unpaired) electrons. The van der Waals surface area contributed by atoms with E-state index in [1.807, 2.05) is 18.2 Å². The number of hydrogen-bond acceptors (Lipinski definition) is 10. The highest BCUT2D eigenvalue weighted by atomic mass is 79.9. The number of imide groups is 1. The fourth-order valence-corrected chi connectivity index (χ4v) is 11.8. The average molecular weight is 755 g/mol. The van der Waals surface area contributed by atoms with Gasteiger partial charge in [0.15, 0.2) is 6.61 Å². The summed E-state index contributed by atoms with van der Waals surface area (Å²) < 4.78 is 17.5. The maximum absolute atomic E-state index is 14.2. The number of halogens is 1. The van der Waals surface area contributed by atoms with Crippen molar-refractivity contribution in [1.82, 2.24) is 9.88 Å². The molecule has 3 aliphatic heterocycles. The Morgan fingerprint density at radius 1 is 1.02 bits per heavy atom. The van der Waals surface area contributed by atoms with E-state index in [0.717, 1.165) is 26.4 Å². The second-order valence-electron chi connectivity index (χ2n) is 12.7. The first kappa shape index (κ1) is 31.8. The summed E-state index contributed by atoms with van der Waals surface area (Å²) in [5, 5.41) is 0.780. The van der Waals surface area contributed by atoms with E-state index in [2.05, 4.69) is 20.9 Å². The standard InChI is InChI=1S/C34H32BrN3O8S2/c1-2-45-33(42)16-3-6-18(7-4-16)38-31(40)26-20-14-21(27(26)32(38)41)28-25(20)24(29-30(47-28)36-34(43)48-29)19-13-17(35)5-8-22(19)46-15-23(39)37-9-11-44-12-10-37/h3-8,13,20-21,24-28H,2,9-12,14-15H2,1H3,(H,36,43)/t20-,21-,24-,25?,26?,27?,28?/m1/s1. The molecule has 48 heavy (non-hydrogen) atoms. The minimum Gasteiger partial charge on any atom is -0.483 e. The molecule has 1 N–H and O–H groups in total. The quantitative estimate of drug-likeness (QED) is 0.277. The first-order valence-electron chi connectivity index (χ1n) is 16.1. The fraction of sp³-hybridized carbons (Fsp3) is 0.441. The van der Waals surface area contributed by atoms with Crippen LogP contribution in [0.5, 0.6) is 5.75 Å². The zero-order valence-electron chi connectivity index (χ0n) is 25.9. The van der Waals surface area contributed by atoms with Gasteiger partial charge >= 0.3 is 10.8 Å². The Kier molecular flexibility index (Phi) is 8.25. The molecule has 4 heterocycles. The van der Waals surface area contributed by atoms with Crippen molar-refractivity contribution < 1.29 is 33.4 Å². The van der Waals surface area contributed by atoms with Crippen molar-refractivity contribution in [3.8, 4) is 5.75 Å². The Labute approximate surface area is 292 Å². The maximum Gasteiger partial charge on any atom is 0.338 e. The van der Waals surface area contributed by atoms with Gasteiger partial charge in [0.25, 0.3) is 5.91 Å². The zero-order chi connectivity index (χ0) is 33.3. The van der Waals surface area contributed by atoms with Crippen LogP contribution in [0.4, 0.5) is 5.69 Å². The topological polar surface area (TPSA) is 135 Å². The number of benzene rings is 2. The normalized spacial score (nSPS) is 28.7. The Morgan fingerprint density at radius 3 is 2.48 bits per heavy atom. The van der Waals surface area contributed by atoms with Gasteiger partial charge in [0.1, 0.15) is 5.75 Å². The van der Waals surface area contributed by atoms with Crippen LogP contribution in [0, 0.1) is 29.6 Å². The third kappa shape index (κ3) is 5.14. The van der Waals surface area contributed by atoms with Gasteiger partial charge in [-0.1, -0.05) is 27.3 Å². The molecule has 8 rings (SSSR count). The predicted molar refractivity (Wildman–Crippen MR) is 180 cm³/mol. The molecule has 250 valence electrons. The monoisotopic (exact) mass is 753 g/mol. The van der Waals surface area contributed by atoms with E-state index in [-0.39, 0.29) is 64.7 Å². The number of anilines is 1. The van der Waals surface area contributed by atoms with Crippen LogP contribution in [0.2, 0.25) is 0 Å². The van der Waals surface area contributed by atoms with Crippen molar-refractivity contribution in [3.63, 3.8) is 0 Å². The van der Waals surface area contributed by atoms with Crippen LogP contribution in [-0.2, 0) is 23.9 Å². The summed E-state index contributed by atoms with van der Waals surface area (Å²) in [6, 6.07) is 12.1. The second kappa shape index (κ2) is 12.5. The largest absolute Gasteiger partial charge is 0.483 e. The lowest BCUT2D eigenvalue weighted by molar-refractivity contribution is -0.137. The summed E-state index contributed by atoms with van der Waals surface area (Å²) in [6.07, 6.45) is 0.736. The number of fused-ring (bicyclic) bond motifs is 9. The summed E-state index contributed by atoms with van der Waals surface area (Å²) in [6.45, 7) is 3.88. The Morgan fingerprint density at radius 2 is 1.75 bits per heavy atom. The second-order valence-corrected chi connectivity index (χ2v) is 15.8. The van der Waals surface area contributed by atoms with Gasteiger partial charge in [0.05, 0.1) is 47.9 Å². The highest BCUT2D eigenvalue weighted by Gasteiger charge is 2.70. The third-order valence-corrected chi connectivity index (χ3v) is 13.5. The molecule has 3 aromatic rings. The van der Waals surface area contributed by atoms with Gasteiger partial charge in [-0.15, -0.1) is 11.8 Å². The number of thioether (sulfide) groups is 1. The maximum atomic E-state index is 14.2. The number of esters is 1. The number of aromatic nitrogens is 1. The average Bonchev–Trinajstić information content (AvgIpc) is 3.83. The summed E-state index contributed by atoms with van der Waals surface area (Å²) in [5.41, 5.74) is 1.64. The first-order chi connectivity index (χ1) is 23.2. The summed E-state index contributed by atoms with van der Waals surface area (Å²) in [7, 11) is 0. The minimum atomic E-state index is -0.492. The van der Waals surface area contributed by atoms with Crippen LogP contribution >= 0.6 is 39.0 Å². The smallest absolute Gasteiger partial charge is 0.338 e. The van der Waals surface area contributed by atoms with Crippen molar-refractivity contribution in [2.75, 3.05) is 44.4 Å². The van der Waals surface area contributed by atoms with Gasteiger partial charge in [-0.05, 0) is 73.6 Å². The summed E-state index contributed by atoms with van der Waals surface area (Å²) in [5.74, 6) is -1.91. The number of H-pyrrole nitrogens is 1. The number of hydrogen-bond donors (Lipinski definition) is 1. The van der Waals surface area contributed by atoms with Crippen molar-refractivity contribution in [1.29, 1.82) is 0 Å². The molecule has 11 nitrogen and oxygen atoms in total. The van der Waals surface area contributed by atoms with Crippen molar-refractivity contribution in [3.05, 3.63) is 72.6 Å². The molecule has 2 bridgehead atoms. The molecule has 2 aromatic carbocycles. The van der Waals surface area contributed by atoms with E-state index in [0.29, 0.717) is 43.3 Å². The highest BCUT2D eigenvalue weighted by Crippen LogP contribution is 2.69. The van der Waals surface area contributed by atoms with E-state index in [4.69, 9.17) is 14.2 Å². The van der Waals surface area contributed by atoms with E-state index in [9.17, 15) is 24.0 Å². The van der Waals surface area contributed by atoms with Gasteiger partial charge in [-0.2, -0.15) is 0 Å². The van der Waals surface area contributed by atoms with E-state index in [1.165, 1.54) is 16.2 Å². The number of nitrogens with one attached hydrogen (secondary N) is 1. The van der Waals surface area contributed by atoms with Crippen LogP contribution in [-0.4, -0.2) is 78.3 Å². The van der Waals surface area contributed by atoms with Crippen molar-refractivity contribution in [2.24, 2.45) is 29.6 Å². The molecule has 0 spiro atoms. The predicted octanol–water partition coefficient (Wildman–Crippen LogP) is 4.29. The van der Waals surface area contributed by atoms with E-state index in [1.54, 1.807) is 47.9 Å². The number of rotatable bonds is 7. The molecular formula is C34H32BrN3O8S2. The molecule has 4 unspecified atom stereocenters. The molecule has 4 fully saturated rings. The van der Waals surface area contributed by atoms with E-state index < -0.39 is 17.8 Å². The first-order valence-corrected chi connectivity index (χ1v) is 18.6. The van der Waals surface area contributed by atoms with Gasteiger partial charge in [-0.25, -0.2) is 4.79 Å². The lowest BCUT2D eigenvalue weighted by Crippen LogP contribution is -2.43. The summed E-state index contributed by atoms with van der Waals surface area (Å²) in [4.78, 5) is 73.0. The van der Waals surface area contributed by atoms with Crippen LogP contribution in [0.15, 0.2) is 56.8 Å². The van der Waals surface area contributed by atoms with Gasteiger partial charge in [-0.3, -0.25) is 24.1 Å². The Balaban J connectivity index is 1.13. The number of carbonyl (C=O) groups is 4. The lowest BCUT2D eigenvalue weighted by Gasteiger charge is -2.43. The minimum absolute atomic E-state index is 0.0105. The Hall–Kier alpha value is -3.46. The van der Waals surface area contributed by atoms with E-state index >= 15 is 0 Å². The number of nitrogens with zero attached hydrogens (tertiary/aromatic N) is 2. The molecule has 2 saturated heterocycles. The molecule has 14 heteroatoms. The number of ether oxygens (including phenoxy) is 3. The molecule has 2 saturated carbocycles. The molecular weight excluding hydrogens is 722 g/mol.